The lowest BCUT2D eigenvalue weighted by molar-refractivity contribution is 0.249. The van der Waals surface area contributed by atoms with Crippen molar-refractivity contribution in [1.29, 1.82) is 5.26 Å². The lowest BCUT2D eigenvalue weighted by Gasteiger charge is -2.36. The fourth-order valence-electron chi connectivity index (χ4n) is 5.48. The maximum absolute atomic E-state index is 9.80. The number of nitriles is 1. The van der Waals surface area contributed by atoms with Crippen LogP contribution < -0.4 is 10.2 Å². The molecular formula is C26H33N7. The molecule has 3 aromatic rings. The minimum Gasteiger partial charge on any atom is -0.371 e. The van der Waals surface area contributed by atoms with Gasteiger partial charge in [0.1, 0.15) is 17.4 Å². The fourth-order valence-corrected chi connectivity index (χ4v) is 5.48. The maximum Gasteiger partial charge on any atom is 0.229 e. The summed E-state index contributed by atoms with van der Waals surface area (Å²) in [7, 11) is 4.35. The van der Waals surface area contributed by atoms with Crippen LogP contribution in [0, 0.1) is 18.3 Å². The van der Waals surface area contributed by atoms with E-state index >= 15 is 0 Å². The smallest absolute Gasteiger partial charge is 0.229 e. The van der Waals surface area contributed by atoms with Crippen LogP contribution in [-0.4, -0.2) is 52.7 Å². The Balaban J connectivity index is 1.35. The van der Waals surface area contributed by atoms with E-state index in [4.69, 9.17) is 4.98 Å². The number of aromatic nitrogens is 3. The van der Waals surface area contributed by atoms with Gasteiger partial charge in [-0.25, -0.2) is 4.98 Å². The van der Waals surface area contributed by atoms with Gasteiger partial charge in [0.25, 0.3) is 0 Å². The van der Waals surface area contributed by atoms with Crippen LogP contribution in [0.1, 0.15) is 55.8 Å². The monoisotopic (exact) mass is 443 g/mol. The van der Waals surface area contributed by atoms with E-state index < -0.39 is 0 Å². The molecule has 3 heterocycles. The van der Waals surface area contributed by atoms with Gasteiger partial charge < -0.3 is 19.7 Å². The Hall–Kier alpha value is -3.11. The van der Waals surface area contributed by atoms with Crippen LogP contribution in [0.5, 0.6) is 0 Å². The van der Waals surface area contributed by atoms with Crippen LogP contribution in [0.2, 0.25) is 0 Å². The molecule has 0 atom stereocenters. The highest BCUT2D eigenvalue weighted by atomic mass is 15.2. The number of rotatable bonds is 5. The van der Waals surface area contributed by atoms with Crippen molar-refractivity contribution in [3.05, 3.63) is 41.7 Å². The van der Waals surface area contributed by atoms with Crippen molar-refractivity contribution in [2.75, 3.05) is 37.4 Å². The summed E-state index contributed by atoms with van der Waals surface area (Å²) in [5.41, 5.74) is 4.81. The van der Waals surface area contributed by atoms with Gasteiger partial charge in [-0.05, 0) is 76.5 Å². The molecule has 1 saturated heterocycles. The molecule has 1 saturated carbocycles. The molecule has 0 radical (unpaired) electrons. The Kier molecular flexibility index (Phi) is 5.94. The summed E-state index contributed by atoms with van der Waals surface area (Å²) < 4.78 is 2.16. The molecule has 0 spiro atoms. The first-order valence-electron chi connectivity index (χ1n) is 12.1. The Morgan fingerprint density at radius 1 is 1.06 bits per heavy atom. The van der Waals surface area contributed by atoms with Crippen molar-refractivity contribution in [1.82, 2.24) is 19.4 Å². The number of fused-ring (bicyclic) bond motifs is 1. The van der Waals surface area contributed by atoms with Crippen LogP contribution in [0.3, 0.4) is 0 Å². The molecule has 7 heteroatoms. The van der Waals surface area contributed by atoms with Crippen molar-refractivity contribution in [2.24, 2.45) is 0 Å². The van der Waals surface area contributed by atoms with Gasteiger partial charge in [-0.15, -0.1) is 0 Å². The van der Waals surface area contributed by atoms with Gasteiger partial charge in [0.2, 0.25) is 5.95 Å². The topological polar surface area (TPSA) is 73.0 Å². The van der Waals surface area contributed by atoms with Gasteiger partial charge >= 0.3 is 0 Å². The van der Waals surface area contributed by atoms with Crippen LogP contribution in [0.25, 0.3) is 11.0 Å². The Morgan fingerprint density at radius 3 is 2.39 bits per heavy atom. The molecular weight excluding hydrogens is 410 g/mol. The zero-order chi connectivity index (χ0) is 22.9. The number of hydrogen-bond acceptors (Lipinski definition) is 6. The van der Waals surface area contributed by atoms with E-state index in [0.29, 0.717) is 18.0 Å². The summed E-state index contributed by atoms with van der Waals surface area (Å²) in [4.78, 5) is 14.2. The van der Waals surface area contributed by atoms with Crippen LogP contribution in [0.15, 0.2) is 30.5 Å². The summed E-state index contributed by atoms with van der Waals surface area (Å²) in [5.74, 6) is 0.572. The second-order valence-electron chi connectivity index (χ2n) is 9.68. The maximum atomic E-state index is 9.80. The number of anilines is 3. The molecule has 172 valence electrons. The second kappa shape index (κ2) is 9.03. The molecule has 2 fully saturated rings. The lowest BCUT2D eigenvalue weighted by Crippen LogP contribution is -2.41. The minimum absolute atomic E-state index is 0.356. The van der Waals surface area contributed by atoms with E-state index in [1.54, 1.807) is 0 Å². The average Bonchev–Trinajstić information content (AvgIpc) is 3.45. The second-order valence-corrected chi connectivity index (χ2v) is 9.68. The van der Waals surface area contributed by atoms with Gasteiger partial charge in [-0.1, -0.05) is 12.8 Å². The van der Waals surface area contributed by atoms with E-state index in [2.05, 4.69) is 69.1 Å². The van der Waals surface area contributed by atoms with Crippen molar-refractivity contribution in [3.8, 4) is 6.07 Å². The number of hydrogen-bond donors (Lipinski definition) is 1. The molecule has 0 bridgehead atoms. The molecule has 5 rings (SSSR count). The third-order valence-corrected chi connectivity index (χ3v) is 7.48. The zero-order valence-electron chi connectivity index (χ0n) is 19.9. The van der Waals surface area contributed by atoms with Gasteiger partial charge in [-0.2, -0.15) is 10.2 Å². The molecule has 0 unspecified atom stereocenters. The highest BCUT2D eigenvalue weighted by Gasteiger charge is 2.25. The van der Waals surface area contributed by atoms with Gasteiger partial charge in [-0.3, -0.25) is 0 Å². The number of piperidine rings is 1. The predicted octanol–water partition coefficient (Wildman–Crippen LogP) is 5.00. The molecule has 1 N–H and O–H groups in total. The largest absolute Gasteiger partial charge is 0.371 e. The standard InChI is InChI=1S/C26H33N7/c1-18-23-17-28-26(30-25(23)33(24(18)16-27)22-6-4-5-7-22)29-19-8-10-21(11-9-19)32-14-12-20(13-15-32)31(2)3/h8-11,17,20,22H,4-7,12-15H2,1-3H3,(H,28,29,30). The highest BCUT2D eigenvalue weighted by Crippen LogP contribution is 2.36. The number of nitrogens with one attached hydrogen (secondary N) is 1. The van der Waals surface area contributed by atoms with E-state index in [1.807, 2.05) is 13.1 Å². The van der Waals surface area contributed by atoms with Crippen molar-refractivity contribution in [3.63, 3.8) is 0 Å². The predicted molar refractivity (Wildman–Crippen MR) is 133 cm³/mol. The average molecular weight is 444 g/mol. The molecule has 1 aliphatic carbocycles. The van der Waals surface area contributed by atoms with Crippen molar-refractivity contribution >= 4 is 28.4 Å². The van der Waals surface area contributed by atoms with E-state index in [-0.39, 0.29) is 0 Å². The lowest BCUT2D eigenvalue weighted by atomic mass is 10.0. The summed E-state index contributed by atoms with van der Waals surface area (Å²) in [6, 6.07) is 12.0. The Morgan fingerprint density at radius 2 is 1.76 bits per heavy atom. The molecule has 33 heavy (non-hydrogen) atoms. The van der Waals surface area contributed by atoms with Gasteiger partial charge in [0.15, 0.2) is 0 Å². The summed E-state index contributed by atoms with van der Waals surface area (Å²) in [5, 5.41) is 14.1. The third-order valence-electron chi connectivity index (χ3n) is 7.48. The van der Waals surface area contributed by atoms with Crippen molar-refractivity contribution in [2.45, 2.75) is 57.5 Å². The molecule has 1 aromatic carbocycles. The van der Waals surface area contributed by atoms with E-state index in [9.17, 15) is 5.26 Å². The van der Waals surface area contributed by atoms with E-state index in [0.717, 1.165) is 53.9 Å². The zero-order valence-corrected chi connectivity index (χ0v) is 19.9. The highest BCUT2D eigenvalue weighted by molar-refractivity contribution is 5.84. The number of nitrogens with zero attached hydrogens (tertiary/aromatic N) is 6. The Bertz CT molecular complexity index is 1160. The quantitative estimate of drug-likeness (QED) is 0.598. The minimum atomic E-state index is 0.356. The van der Waals surface area contributed by atoms with Gasteiger partial charge in [0, 0.05) is 48.1 Å². The molecule has 7 nitrogen and oxygen atoms in total. The summed E-state index contributed by atoms with van der Waals surface area (Å²) in [6.07, 6.45) is 8.90. The summed E-state index contributed by atoms with van der Waals surface area (Å²) >= 11 is 0. The Labute approximate surface area is 196 Å². The number of aryl methyl sites for hydroxylation is 1. The van der Waals surface area contributed by atoms with Crippen molar-refractivity contribution < 1.29 is 0 Å². The first-order valence-corrected chi connectivity index (χ1v) is 12.1. The molecule has 2 aliphatic rings. The molecule has 0 amide bonds. The fraction of sp³-hybridized carbons (Fsp3) is 0.500. The van der Waals surface area contributed by atoms with Crippen LogP contribution in [0.4, 0.5) is 17.3 Å². The van der Waals surface area contributed by atoms with Crippen LogP contribution in [-0.2, 0) is 0 Å². The first-order chi connectivity index (χ1) is 16.0. The SMILES string of the molecule is Cc1c(C#N)n(C2CCCC2)c2nc(Nc3ccc(N4CCC(N(C)C)CC4)cc3)ncc12. The molecule has 2 aromatic heterocycles. The molecule has 1 aliphatic heterocycles. The van der Waals surface area contributed by atoms with Gasteiger partial charge in [0.05, 0.1) is 0 Å². The van der Waals surface area contributed by atoms with Crippen LogP contribution >= 0.6 is 0 Å². The summed E-state index contributed by atoms with van der Waals surface area (Å²) in [6.45, 7) is 4.19. The normalized spacial score (nSPS) is 17.7. The van der Waals surface area contributed by atoms with E-state index in [1.165, 1.54) is 31.4 Å². The third kappa shape index (κ3) is 4.16. The number of benzene rings is 1. The first kappa shape index (κ1) is 21.7.